The van der Waals surface area contributed by atoms with Gasteiger partial charge >= 0.3 is 5.97 Å². The highest BCUT2D eigenvalue weighted by Crippen LogP contribution is 2.19. The zero-order chi connectivity index (χ0) is 12.8. The van der Waals surface area contributed by atoms with Gasteiger partial charge in [0, 0.05) is 5.56 Å². The third-order valence-corrected chi connectivity index (χ3v) is 2.62. The summed E-state index contributed by atoms with van der Waals surface area (Å²) in [6, 6.07) is 3.50. The standard InChI is InChI=1S/C12H15F2NO2/c13-10-4-1-5-11(14)9(10)7-8(12(16)17)3-2-6-15/h1,4-5,8H,2-3,6-7,15H2,(H,16,17). The Kier molecular flexibility index (Phi) is 5.03. The molecule has 0 aliphatic carbocycles. The molecule has 94 valence electrons. The minimum atomic E-state index is -1.05. The molecule has 0 aliphatic rings. The molecule has 3 nitrogen and oxygen atoms in total. The van der Waals surface area contributed by atoms with Gasteiger partial charge in [-0.25, -0.2) is 8.78 Å². The van der Waals surface area contributed by atoms with E-state index in [1.165, 1.54) is 6.07 Å². The molecule has 0 fully saturated rings. The lowest BCUT2D eigenvalue weighted by molar-refractivity contribution is -0.142. The number of carboxylic acids is 1. The number of rotatable bonds is 6. The highest BCUT2D eigenvalue weighted by molar-refractivity contribution is 5.70. The van der Waals surface area contributed by atoms with Crippen molar-refractivity contribution in [2.24, 2.45) is 11.7 Å². The molecule has 0 aliphatic heterocycles. The SMILES string of the molecule is NCCCC(Cc1c(F)cccc1F)C(=O)O. The number of carbonyl (C=O) groups is 1. The van der Waals surface area contributed by atoms with Crippen LogP contribution >= 0.6 is 0 Å². The van der Waals surface area contributed by atoms with E-state index in [9.17, 15) is 13.6 Å². The summed E-state index contributed by atoms with van der Waals surface area (Å²) in [7, 11) is 0. The van der Waals surface area contributed by atoms with Crippen molar-refractivity contribution in [2.45, 2.75) is 19.3 Å². The maximum atomic E-state index is 13.3. The van der Waals surface area contributed by atoms with Gasteiger partial charge in [0.1, 0.15) is 11.6 Å². The Morgan fingerprint density at radius 1 is 1.35 bits per heavy atom. The number of carboxylic acid groups (broad SMARTS) is 1. The Morgan fingerprint density at radius 2 is 1.94 bits per heavy atom. The number of nitrogens with two attached hydrogens (primary N) is 1. The monoisotopic (exact) mass is 243 g/mol. The van der Waals surface area contributed by atoms with Crippen molar-refractivity contribution in [3.05, 3.63) is 35.4 Å². The van der Waals surface area contributed by atoms with E-state index in [4.69, 9.17) is 10.8 Å². The van der Waals surface area contributed by atoms with Crippen LogP contribution < -0.4 is 5.73 Å². The second kappa shape index (κ2) is 6.30. The van der Waals surface area contributed by atoms with E-state index in [-0.39, 0.29) is 12.0 Å². The molecule has 0 amide bonds. The summed E-state index contributed by atoms with van der Waals surface area (Å²) in [5.41, 5.74) is 5.12. The first-order valence-electron chi connectivity index (χ1n) is 5.42. The Bertz CT molecular complexity index is 376. The highest BCUT2D eigenvalue weighted by Gasteiger charge is 2.21. The number of halogens is 2. The van der Waals surface area contributed by atoms with Crippen LogP contribution in [0.2, 0.25) is 0 Å². The van der Waals surface area contributed by atoms with Crippen LogP contribution in [0.4, 0.5) is 8.78 Å². The Labute approximate surface area is 98.2 Å². The van der Waals surface area contributed by atoms with Crippen LogP contribution in [-0.4, -0.2) is 17.6 Å². The van der Waals surface area contributed by atoms with E-state index in [1.54, 1.807) is 0 Å². The van der Waals surface area contributed by atoms with Crippen LogP contribution in [0.25, 0.3) is 0 Å². The van der Waals surface area contributed by atoms with E-state index >= 15 is 0 Å². The van der Waals surface area contributed by atoms with Crippen molar-refractivity contribution in [2.75, 3.05) is 6.54 Å². The number of benzene rings is 1. The van der Waals surface area contributed by atoms with Crippen molar-refractivity contribution >= 4 is 5.97 Å². The van der Waals surface area contributed by atoms with Crippen LogP contribution in [0.5, 0.6) is 0 Å². The summed E-state index contributed by atoms with van der Waals surface area (Å²) < 4.78 is 26.7. The summed E-state index contributed by atoms with van der Waals surface area (Å²) in [4.78, 5) is 10.9. The normalized spacial score (nSPS) is 12.4. The molecule has 0 saturated carbocycles. The second-order valence-corrected chi connectivity index (χ2v) is 3.87. The van der Waals surface area contributed by atoms with Crippen molar-refractivity contribution in [1.29, 1.82) is 0 Å². The van der Waals surface area contributed by atoms with Gasteiger partial charge in [0.15, 0.2) is 0 Å². The van der Waals surface area contributed by atoms with Crippen molar-refractivity contribution in [1.82, 2.24) is 0 Å². The van der Waals surface area contributed by atoms with Crippen LogP contribution in [-0.2, 0) is 11.2 Å². The van der Waals surface area contributed by atoms with Crippen LogP contribution in [0.1, 0.15) is 18.4 Å². The summed E-state index contributed by atoms with van der Waals surface area (Å²) in [6.45, 7) is 0.365. The maximum Gasteiger partial charge on any atom is 0.306 e. The molecule has 1 aromatic rings. The first-order valence-corrected chi connectivity index (χ1v) is 5.42. The van der Waals surface area contributed by atoms with Crippen molar-refractivity contribution < 1.29 is 18.7 Å². The summed E-state index contributed by atoms with van der Waals surface area (Å²) >= 11 is 0. The zero-order valence-electron chi connectivity index (χ0n) is 9.33. The number of hydrogen-bond acceptors (Lipinski definition) is 2. The van der Waals surface area contributed by atoms with E-state index in [0.717, 1.165) is 12.1 Å². The average molecular weight is 243 g/mol. The minimum Gasteiger partial charge on any atom is -0.481 e. The van der Waals surface area contributed by atoms with Crippen LogP contribution in [0, 0.1) is 17.6 Å². The molecule has 0 aromatic heterocycles. The molecule has 17 heavy (non-hydrogen) atoms. The van der Waals surface area contributed by atoms with E-state index < -0.39 is 23.5 Å². The topological polar surface area (TPSA) is 63.3 Å². The largest absolute Gasteiger partial charge is 0.481 e. The fourth-order valence-electron chi connectivity index (χ4n) is 1.65. The molecule has 5 heteroatoms. The third-order valence-electron chi connectivity index (χ3n) is 2.62. The smallest absolute Gasteiger partial charge is 0.306 e. The van der Waals surface area contributed by atoms with Crippen LogP contribution in [0.3, 0.4) is 0 Å². The summed E-state index contributed by atoms with van der Waals surface area (Å²) in [5.74, 6) is -3.26. The zero-order valence-corrected chi connectivity index (χ0v) is 9.33. The van der Waals surface area contributed by atoms with Gasteiger partial charge in [-0.2, -0.15) is 0 Å². The third kappa shape index (κ3) is 3.78. The van der Waals surface area contributed by atoms with Gasteiger partial charge in [0.05, 0.1) is 5.92 Å². The Morgan fingerprint density at radius 3 is 2.41 bits per heavy atom. The summed E-state index contributed by atoms with van der Waals surface area (Å²) in [5, 5.41) is 8.96. The van der Waals surface area contributed by atoms with E-state index in [0.29, 0.717) is 19.4 Å². The second-order valence-electron chi connectivity index (χ2n) is 3.87. The summed E-state index contributed by atoms with van der Waals surface area (Å²) in [6.07, 6.45) is 0.695. The first-order chi connectivity index (χ1) is 8.06. The molecule has 0 spiro atoms. The molecule has 0 heterocycles. The Balaban J connectivity index is 2.82. The lowest BCUT2D eigenvalue weighted by Crippen LogP contribution is -2.19. The first kappa shape index (κ1) is 13.6. The fraction of sp³-hybridized carbons (Fsp3) is 0.417. The Hall–Kier alpha value is -1.49. The van der Waals surface area contributed by atoms with Gasteiger partial charge in [-0.15, -0.1) is 0 Å². The number of aliphatic carboxylic acids is 1. The highest BCUT2D eigenvalue weighted by atomic mass is 19.1. The molecule has 0 radical (unpaired) electrons. The van der Waals surface area contributed by atoms with Gasteiger partial charge in [0.25, 0.3) is 0 Å². The van der Waals surface area contributed by atoms with Crippen molar-refractivity contribution in [3.8, 4) is 0 Å². The number of hydrogen-bond donors (Lipinski definition) is 2. The van der Waals surface area contributed by atoms with Crippen LogP contribution in [0.15, 0.2) is 18.2 Å². The molecule has 1 atom stereocenters. The van der Waals surface area contributed by atoms with Gasteiger partial charge in [-0.05, 0) is 37.9 Å². The maximum absolute atomic E-state index is 13.3. The molecular weight excluding hydrogens is 228 g/mol. The average Bonchev–Trinajstić information content (AvgIpc) is 2.27. The van der Waals surface area contributed by atoms with Crippen molar-refractivity contribution in [3.63, 3.8) is 0 Å². The lowest BCUT2D eigenvalue weighted by Gasteiger charge is -2.12. The molecule has 1 rings (SSSR count). The van der Waals surface area contributed by atoms with Gasteiger partial charge in [0.2, 0.25) is 0 Å². The lowest BCUT2D eigenvalue weighted by atomic mass is 9.94. The van der Waals surface area contributed by atoms with Gasteiger partial charge in [-0.3, -0.25) is 4.79 Å². The fourth-order valence-corrected chi connectivity index (χ4v) is 1.65. The van der Waals surface area contributed by atoms with E-state index in [2.05, 4.69) is 0 Å². The molecule has 3 N–H and O–H groups in total. The van der Waals surface area contributed by atoms with Gasteiger partial charge < -0.3 is 10.8 Å². The predicted octanol–water partition coefficient (Wildman–Crippen LogP) is 1.95. The molecule has 0 saturated heterocycles. The molecular formula is C12H15F2NO2. The van der Waals surface area contributed by atoms with E-state index in [1.807, 2.05) is 0 Å². The van der Waals surface area contributed by atoms with Gasteiger partial charge in [-0.1, -0.05) is 6.07 Å². The predicted molar refractivity (Wildman–Crippen MR) is 59.5 cm³/mol. The molecule has 1 unspecified atom stereocenters. The minimum absolute atomic E-state index is 0.145. The quantitative estimate of drug-likeness (QED) is 0.802. The molecule has 0 bridgehead atoms. The molecule has 1 aromatic carbocycles.